The van der Waals surface area contributed by atoms with Gasteiger partial charge >= 0.3 is 5.56 Å². The monoisotopic (exact) mass is 288 g/mol. The molecule has 0 unspecified atom stereocenters. The minimum atomic E-state index is -0.106. The molecule has 0 spiro atoms. The van der Waals surface area contributed by atoms with Crippen LogP contribution in [-0.4, -0.2) is 27.6 Å². The number of hydrogen-bond donors (Lipinski definition) is 1. The first-order valence-electron chi connectivity index (χ1n) is 7.37. The maximum atomic E-state index is 12.6. The number of hydrogen-bond acceptors (Lipinski definition) is 3. The normalized spacial score (nSPS) is 11.9. The van der Waals surface area contributed by atoms with E-state index in [9.17, 15) is 4.79 Å². The van der Waals surface area contributed by atoms with Crippen molar-refractivity contribution < 1.29 is 4.81 Å². The second kappa shape index (κ2) is 6.97. The summed E-state index contributed by atoms with van der Waals surface area (Å²) in [5.74, 6) is 0.617. The van der Waals surface area contributed by atoms with Gasteiger partial charge in [-0.25, -0.2) is 9.78 Å². The van der Waals surface area contributed by atoms with Crippen LogP contribution < -0.4 is 11.1 Å². The number of hydrazine groups is 1. The number of fused-ring (bicyclic) bond motifs is 1. The minimum absolute atomic E-state index is 0.106. The van der Waals surface area contributed by atoms with Crippen molar-refractivity contribution in [3.63, 3.8) is 0 Å². The van der Waals surface area contributed by atoms with Crippen LogP contribution in [0.3, 0.4) is 0 Å². The van der Waals surface area contributed by atoms with Gasteiger partial charge in [0.05, 0.1) is 17.4 Å². The van der Waals surface area contributed by atoms with Gasteiger partial charge in [0.25, 0.3) is 0 Å². The van der Waals surface area contributed by atoms with E-state index in [0.29, 0.717) is 16.7 Å². The SMILES string of the molecule is CCCN=[N+](CCC)Nn1c(C)nc2ccccc2c1=O. The van der Waals surface area contributed by atoms with Gasteiger partial charge in [-0.2, -0.15) is 0 Å². The molecule has 0 fully saturated rings. The first kappa shape index (κ1) is 15.2. The Bertz CT molecular complexity index is 705. The van der Waals surface area contributed by atoms with E-state index in [1.165, 1.54) is 4.68 Å². The maximum absolute atomic E-state index is 12.6. The Morgan fingerprint density at radius 3 is 2.76 bits per heavy atom. The standard InChI is InChI=1S/C15H22N5O/c1-4-10-16-19(11-5-2)18-20-12(3)17-14-9-7-6-8-13(14)15(20)21/h6-9H,4-5,10-11H2,1-3H3,(H,16,18)/q+1. The van der Waals surface area contributed by atoms with Crippen LogP contribution in [0.25, 0.3) is 10.9 Å². The highest BCUT2D eigenvalue weighted by Crippen LogP contribution is 2.06. The number of azo groups is 1. The molecule has 0 saturated carbocycles. The number of benzene rings is 1. The maximum Gasteiger partial charge on any atom is 0.367 e. The molecule has 0 amide bonds. The minimum Gasteiger partial charge on any atom is -0.238 e. The van der Waals surface area contributed by atoms with Crippen molar-refractivity contribution >= 4 is 10.9 Å². The van der Waals surface area contributed by atoms with Crippen LogP contribution in [0.2, 0.25) is 0 Å². The first-order chi connectivity index (χ1) is 10.2. The zero-order valence-electron chi connectivity index (χ0n) is 12.8. The third-order valence-electron chi connectivity index (χ3n) is 3.09. The van der Waals surface area contributed by atoms with Crippen LogP contribution >= 0.6 is 0 Å². The molecule has 0 radical (unpaired) electrons. The van der Waals surface area contributed by atoms with Gasteiger partial charge in [0, 0.05) is 6.92 Å². The fourth-order valence-electron chi connectivity index (χ4n) is 2.06. The molecular weight excluding hydrogens is 266 g/mol. The Balaban J connectivity index is 2.43. The van der Waals surface area contributed by atoms with Crippen molar-refractivity contribution in [1.29, 1.82) is 0 Å². The highest BCUT2D eigenvalue weighted by Gasteiger charge is 2.15. The molecule has 1 aromatic heterocycles. The molecule has 1 heterocycles. The molecule has 21 heavy (non-hydrogen) atoms. The largest absolute Gasteiger partial charge is 0.367 e. The fourth-order valence-corrected chi connectivity index (χ4v) is 2.06. The highest BCUT2D eigenvalue weighted by atomic mass is 16.1. The number of aromatic nitrogens is 2. The van der Waals surface area contributed by atoms with Gasteiger partial charge in [0.15, 0.2) is 0 Å². The average molecular weight is 288 g/mol. The Labute approximate surface area is 124 Å². The molecule has 0 aliphatic carbocycles. The predicted molar refractivity (Wildman–Crippen MR) is 83.1 cm³/mol. The summed E-state index contributed by atoms with van der Waals surface area (Å²) in [6, 6.07) is 7.36. The van der Waals surface area contributed by atoms with Crippen molar-refractivity contribution in [2.24, 2.45) is 5.11 Å². The summed E-state index contributed by atoms with van der Waals surface area (Å²) in [6.45, 7) is 7.42. The van der Waals surface area contributed by atoms with Crippen molar-refractivity contribution in [2.45, 2.75) is 33.6 Å². The summed E-state index contributed by atoms with van der Waals surface area (Å²) in [6.07, 6.45) is 1.90. The molecule has 2 rings (SSSR count). The summed E-state index contributed by atoms with van der Waals surface area (Å²) >= 11 is 0. The van der Waals surface area contributed by atoms with Crippen LogP contribution in [0.15, 0.2) is 34.2 Å². The van der Waals surface area contributed by atoms with Gasteiger partial charge in [-0.3, -0.25) is 0 Å². The van der Waals surface area contributed by atoms with Crippen LogP contribution in [0.1, 0.15) is 32.5 Å². The topological polar surface area (TPSA) is 62.3 Å². The summed E-state index contributed by atoms with van der Waals surface area (Å²) in [5, 5.41) is 5.02. The number of para-hydroxylation sites is 1. The first-order valence-corrected chi connectivity index (χ1v) is 7.37. The molecule has 112 valence electrons. The van der Waals surface area contributed by atoms with E-state index < -0.39 is 0 Å². The third-order valence-corrected chi connectivity index (χ3v) is 3.09. The van der Waals surface area contributed by atoms with E-state index in [-0.39, 0.29) is 5.56 Å². The Kier molecular flexibility index (Phi) is 5.03. The van der Waals surface area contributed by atoms with Crippen LogP contribution in [0.4, 0.5) is 0 Å². The molecule has 0 aliphatic heterocycles. The second-order valence-corrected chi connectivity index (χ2v) is 4.90. The Morgan fingerprint density at radius 1 is 1.29 bits per heavy atom. The quantitative estimate of drug-likeness (QED) is 0.504. The molecule has 0 aliphatic rings. The average Bonchev–Trinajstić information content (AvgIpc) is 2.49. The molecule has 6 nitrogen and oxygen atoms in total. The zero-order chi connectivity index (χ0) is 15.2. The van der Waals surface area contributed by atoms with Crippen molar-refractivity contribution in [1.82, 2.24) is 9.66 Å². The lowest BCUT2D eigenvalue weighted by molar-refractivity contribution is -0.579. The number of nitrogens with zero attached hydrogens (tertiary/aromatic N) is 4. The van der Waals surface area contributed by atoms with Gasteiger partial charge in [-0.15, -0.1) is 5.11 Å². The lowest BCUT2D eigenvalue weighted by Gasteiger charge is -2.08. The molecular formula is C15H22N5O+. The summed E-state index contributed by atoms with van der Waals surface area (Å²) in [7, 11) is 0. The van der Waals surface area contributed by atoms with E-state index in [4.69, 9.17) is 0 Å². The molecule has 0 bridgehead atoms. The number of nitrogens with one attached hydrogen (secondary N) is 1. The van der Waals surface area contributed by atoms with Crippen molar-refractivity contribution in [3.05, 3.63) is 40.4 Å². The van der Waals surface area contributed by atoms with Gasteiger partial charge < -0.3 is 0 Å². The number of rotatable bonds is 6. The van der Waals surface area contributed by atoms with E-state index in [1.54, 1.807) is 10.9 Å². The molecule has 6 heteroatoms. The van der Waals surface area contributed by atoms with Crippen molar-refractivity contribution in [2.75, 3.05) is 18.6 Å². The van der Waals surface area contributed by atoms with Gasteiger partial charge in [0.2, 0.25) is 5.82 Å². The predicted octanol–water partition coefficient (Wildman–Crippen LogP) is 2.45. The molecule has 1 N–H and O–H groups in total. The lowest BCUT2D eigenvalue weighted by Crippen LogP contribution is -2.37. The van der Waals surface area contributed by atoms with E-state index in [2.05, 4.69) is 29.5 Å². The van der Waals surface area contributed by atoms with Gasteiger partial charge in [-0.05, 0) is 25.0 Å². The summed E-state index contributed by atoms with van der Waals surface area (Å²) in [4.78, 5) is 18.7. The van der Waals surface area contributed by atoms with Crippen LogP contribution in [0.5, 0.6) is 0 Å². The van der Waals surface area contributed by atoms with E-state index >= 15 is 0 Å². The van der Waals surface area contributed by atoms with E-state index in [1.807, 2.05) is 25.1 Å². The number of aryl methyl sites for hydroxylation is 1. The lowest BCUT2D eigenvalue weighted by atomic mass is 10.2. The van der Waals surface area contributed by atoms with Crippen LogP contribution in [-0.2, 0) is 0 Å². The zero-order valence-corrected chi connectivity index (χ0v) is 12.8. The van der Waals surface area contributed by atoms with E-state index in [0.717, 1.165) is 25.9 Å². The smallest absolute Gasteiger partial charge is 0.238 e. The highest BCUT2D eigenvalue weighted by molar-refractivity contribution is 5.77. The second-order valence-electron chi connectivity index (χ2n) is 4.90. The van der Waals surface area contributed by atoms with Gasteiger partial charge in [-0.1, -0.05) is 41.0 Å². The third kappa shape index (κ3) is 3.45. The molecule has 1 aromatic carbocycles. The molecule has 2 aromatic rings. The summed E-state index contributed by atoms with van der Waals surface area (Å²) < 4.78 is 1.46. The fraction of sp³-hybridized carbons (Fsp3) is 0.467. The van der Waals surface area contributed by atoms with Crippen molar-refractivity contribution in [3.8, 4) is 0 Å². The molecule has 0 saturated heterocycles. The van der Waals surface area contributed by atoms with Crippen LogP contribution in [0, 0.1) is 6.92 Å². The van der Waals surface area contributed by atoms with Gasteiger partial charge in [0.1, 0.15) is 6.54 Å². The Morgan fingerprint density at radius 2 is 2.05 bits per heavy atom. The Hall–Kier alpha value is -2.24. The summed E-state index contributed by atoms with van der Waals surface area (Å²) in [5.41, 5.74) is 3.66. The molecule has 0 atom stereocenters.